The number of carbonyl (C=O) groups excluding carboxylic acids is 1. The molecule has 0 atom stereocenters. The Labute approximate surface area is 137 Å². The van der Waals surface area contributed by atoms with Gasteiger partial charge in [-0.3, -0.25) is 4.79 Å². The van der Waals surface area contributed by atoms with Gasteiger partial charge in [-0.05, 0) is 62.3 Å². The van der Waals surface area contributed by atoms with Crippen molar-refractivity contribution in [3.05, 3.63) is 60.2 Å². The van der Waals surface area contributed by atoms with E-state index in [0.717, 1.165) is 43.0 Å². The molecular weight excluding hydrogens is 298 g/mol. The van der Waals surface area contributed by atoms with E-state index in [2.05, 4.69) is 5.32 Å². The number of halogens is 1. The second-order valence-corrected chi connectivity index (χ2v) is 5.33. The molecule has 3 nitrogen and oxygen atoms in total. The Morgan fingerprint density at radius 1 is 0.909 bits per heavy atom. The maximum atomic E-state index is 12.4. The first kappa shape index (κ1) is 16.5. The number of hydrogen-bond acceptors (Lipinski definition) is 3. The second kappa shape index (κ2) is 7.97. The monoisotopic (exact) mass is 317 g/mol. The van der Waals surface area contributed by atoms with E-state index in [1.54, 1.807) is 0 Å². The lowest BCUT2D eigenvalue weighted by atomic mass is 9.90. The molecule has 22 heavy (non-hydrogen) atoms. The van der Waals surface area contributed by atoms with Gasteiger partial charge in [-0.2, -0.15) is 0 Å². The summed E-state index contributed by atoms with van der Waals surface area (Å²) in [6.07, 6.45) is 1.86. The fourth-order valence-corrected chi connectivity index (χ4v) is 2.63. The lowest BCUT2D eigenvalue weighted by molar-refractivity contribution is 0.0895. The van der Waals surface area contributed by atoms with Crippen molar-refractivity contribution in [2.24, 2.45) is 5.92 Å². The van der Waals surface area contributed by atoms with Gasteiger partial charge in [-0.25, -0.2) is 0 Å². The Bertz CT molecular complexity index is 592. The smallest absolute Gasteiger partial charge is 0.166 e. The van der Waals surface area contributed by atoms with E-state index in [-0.39, 0.29) is 24.1 Å². The number of nitrogens with one attached hydrogen (secondary N) is 1. The molecule has 0 saturated carbocycles. The first-order chi connectivity index (χ1) is 10.3. The molecule has 0 unspecified atom stereocenters. The Balaban J connectivity index is 0.00000176. The van der Waals surface area contributed by atoms with Crippen LogP contribution in [0, 0.1) is 5.92 Å². The highest BCUT2D eigenvalue weighted by Gasteiger charge is 2.21. The predicted molar refractivity (Wildman–Crippen MR) is 90.1 cm³/mol. The van der Waals surface area contributed by atoms with E-state index in [1.165, 1.54) is 0 Å². The van der Waals surface area contributed by atoms with Crippen LogP contribution in [0.3, 0.4) is 0 Å². The van der Waals surface area contributed by atoms with Crippen LogP contribution < -0.4 is 10.1 Å². The van der Waals surface area contributed by atoms with Gasteiger partial charge in [0.2, 0.25) is 0 Å². The zero-order chi connectivity index (χ0) is 14.5. The number of rotatable bonds is 4. The summed E-state index contributed by atoms with van der Waals surface area (Å²) >= 11 is 0. The SMILES string of the molecule is Cl.O=C(c1ccc(Oc2ccccc2)cc1)C1CCNCC1. The molecule has 1 saturated heterocycles. The number of ketones is 1. The molecule has 1 N–H and O–H groups in total. The maximum Gasteiger partial charge on any atom is 0.166 e. The molecule has 0 amide bonds. The Morgan fingerprint density at radius 3 is 2.14 bits per heavy atom. The summed E-state index contributed by atoms with van der Waals surface area (Å²) in [5, 5.41) is 3.29. The predicted octanol–water partition coefficient (Wildman–Crippen LogP) is 4.08. The van der Waals surface area contributed by atoms with E-state index >= 15 is 0 Å². The third-order valence-electron chi connectivity index (χ3n) is 3.83. The normalized spacial score (nSPS) is 14.9. The van der Waals surface area contributed by atoms with Gasteiger partial charge < -0.3 is 10.1 Å². The van der Waals surface area contributed by atoms with Gasteiger partial charge in [0.25, 0.3) is 0 Å². The number of piperidine rings is 1. The summed E-state index contributed by atoms with van der Waals surface area (Å²) in [6.45, 7) is 1.87. The number of benzene rings is 2. The first-order valence-electron chi connectivity index (χ1n) is 7.41. The highest BCUT2D eigenvalue weighted by Crippen LogP contribution is 2.23. The molecule has 0 aliphatic carbocycles. The molecular formula is C18H20ClNO2. The van der Waals surface area contributed by atoms with E-state index in [4.69, 9.17) is 4.74 Å². The van der Waals surface area contributed by atoms with Crippen molar-refractivity contribution < 1.29 is 9.53 Å². The van der Waals surface area contributed by atoms with Crippen LogP contribution in [0.15, 0.2) is 54.6 Å². The molecule has 2 aromatic carbocycles. The average Bonchev–Trinajstić information content (AvgIpc) is 2.57. The molecule has 0 spiro atoms. The number of ether oxygens (including phenoxy) is 1. The molecule has 2 aromatic rings. The number of carbonyl (C=O) groups is 1. The topological polar surface area (TPSA) is 38.3 Å². The van der Waals surface area contributed by atoms with Crippen molar-refractivity contribution in [2.45, 2.75) is 12.8 Å². The third kappa shape index (κ3) is 4.09. The highest BCUT2D eigenvalue weighted by molar-refractivity contribution is 5.98. The van der Waals surface area contributed by atoms with Gasteiger partial charge in [0.05, 0.1) is 0 Å². The van der Waals surface area contributed by atoms with Gasteiger partial charge >= 0.3 is 0 Å². The van der Waals surface area contributed by atoms with Crippen molar-refractivity contribution in [3.63, 3.8) is 0 Å². The fourth-order valence-electron chi connectivity index (χ4n) is 2.63. The minimum Gasteiger partial charge on any atom is -0.457 e. The lowest BCUT2D eigenvalue weighted by Crippen LogP contribution is -2.31. The molecule has 0 bridgehead atoms. The lowest BCUT2D eigenvalue weighted by Gasteiger charge is -2.21. The van der Waals surface area contributed by atoms with Gasteiger partial charge in [0.1, 0.15) is 11.5 Å². The van der Waals surface area contributed by atoms with Crippen molar-refractivity contribution in [1.82, 2.24) is 5.32 Å². The molecule has 1 fully saturated rings. The standard InChI is InChI=1S/C18H19NO2.ClH/c20-18(15-10-12-19-13-11-15)14-6-8-17(9-7-14)21-16-4-2-1-3-5-16;/h1-9,15,19H,10-13H2;1H. The molecule has 1 heterocycles. The van der Waals surface area contributed by atoms with Crippen LogP contribution >= 0.6 is 12.4 Å². The third-order valence-corrected chi connectivity index (χ3v) is 3.83. The molecule has 3 rings (SSSR count). The number of Topliss-reactive ketones (excluding diaryl/α,β-unsaturated/α-hetero) is 1. The largest absolute Gasteiger partial charge is 0.457 e. The highest BCUT2D eigenvalue weighted by atomic mass is 35.5. The van der Waals surface area contributed by atoms with Crippen LogP contribution in [0.2, 0.25) is 0 Å². The van der Waals surface area contributed by atoms with Gasteiger partial charge in [-0.1, -0.05) is 18.2 Å². The second-order valence-electron chi connectivity index (χ2n) is 5.33. The Hall–Kier alpha value is -1.84. The summed E-state index contributed by atoms with van der Waals surface area (Å²) in [6, 6.07) is 17.1. The van der Waals surface area contributed by atoms with Crippen molar-refractivity contribution >= 4 is 18.2 Å². The molecule has 4 heteroatoms. The van der Waals surface area contributed by atoms with E-state index in [9.17, 15) is 4.79 Å². The quantitative estimate of drug-likeness (QED) is 0.863. The zero-order valence-corrected chi connectivity index (χ0v) is 13.1. The first-order valence-corrected chi connectivity index (χ1v) is 7.41. The van der Waals surface area contributed by atoms with E-state index in [1.807, 2.05) is 54.6 Å². The van der Waals surface area contributed by atoms with Crippen LogP contribution in [0.4, 0.5) is 0 Å². The zero-order valence-electron chi connectivity index (χ0n) is 12.3. The fraction of sp³-hybridized carbons (Fsp3) is 0.278. The summed E-state index contributed by atoms with van der Waals surface area (Å²) < 4.78 is 5.74. The number of para-hydroxylation sites is 1. The molecule has 1 aliphatic rings. The average molecular weight is 318 g/mol. The van der Waals surface area contributed by atoms with Crippen molar-refractivity contribution in [1.29, 1.82) is 0 Å². The van der Waals surface area contributed by atoms with Gasteiger partial charge in [-0.15, -0.1) is 12.4 Å². The molecule has 0 aromatic heterocycles. The summed E-state index contributed by atoms with van der Waals surface area (Å²) in [4.78, 5) is 12.4. The van der Waals surface area contributed by atoms with Crippen molar-refractivity contribution in [3.8, 4) is 11.5 Å². The summed E-state index contributed by atoms with van der Waals surface area (Å²) in [5.41, 5.74) is 0.780. The Morgan fingerprint density at radius 2 is 1.50 bits per heavy atom. The van der Waals surface area contributed by atoms with Crippen molar-refractivity contribution in [2.75, 3.05) is 13.1 Å². The van der Waals surface area contributed by atoms with Crippen LogP contribution in [-0.4, -0.2) is 18.9 Å². The van der Waals surface area contributed by atoms with Crippen LogP contribution in [0.5, 0.6) is 11.5 Å². The van der Waals surface area contributed by atoms with Gasteiger partial charge in [0.15, 0.2) is 5.78 Å². The van der Waals surface area contributed by atoms with E-state index in [0.29, 0.717) is 0 Å². The summed E-state index contributed by atoms with van der Waals surface area (Å²) in [5.74, 6) is 1.97. The molecule has 1 aliphatic heterocycles. The Kier molecular flexibility index (Phi) is 5.99. The van der Waals surface area contributed by atoms with Crippen LogP contribution in [0.25, 0.3) is 0 Å². The maximum absolute atomic E-state index is 12.4. The van der Waals surface area contributed by atoms with Gasteiger partial charge in [0, 0.05) is 11.5 Å². The van der Waals surface area contributed by atoms with E-state index < -0.39 is 0 Å². The summed E-state index contributed by atoms with van der Waals surface area (Å²) in [7, 11) is 0. The number of hydrogen-bond donors (Lipinski definition) is 1. The molecule has 116 valence electrons. The molecule has 0 radical (unpaired) electrons. The van der Waals surface area contributed by atoms with Crippen LogP contribution in [0.1, 0.15) is 23.2 Å². The van der Waals surface area contributed by atoms with Crippen LogP contribution in [-0.2, 0) is 0 Å². The minimum absolute atomic E-state index is 0. The minimum atomic E-state index is 0.